The number of rotatable bonds is 6. The molecule has 0 unspecified atom stereocenters. The van der Waals surface area contributed by atoms with Gasteiger partial charge in [0.05, 0.1) is 31.4 Å². The summed E-state index contributed by atoms with van der Waals surface area (Å²) in [5.74, 6) is 0.769. The zero-order valence-electron chi connectivity index (χ0n) is 17.2. The van der Waals surface area contributed by atoms with Crippen LogP contribution in [0.5, 0.6) is 5.75 Å². The Morgan fingerprint density at radius 2 is 2.10 bits per heavy atom. The largest absolute Gasteiger partial charge is 0.491 e. The topological polar surface area (TPSA) is 94.5 Å². The molecule has 2 amide bonds. The van der Waals surface area contributed by atoms with Crippen LogP contribution < -0.4 is 15.4 Å². The molecule has 0 atom stereocenters. The van der Waals surface area contributed by atoms with Crippen LogP contribution in [0.1, 0.15) is 36.0 Å². The van der Waals surface area contributed by atoms with Gasteiger partial charge in [0.2, 0.25) is 5.91 Å². The van der Waals surface area contributed by atoms with Crippen molar-refractivity contribution in [2.75, 3.05) is 26.9 Å². The highest BCUT2D eigenvalue weighted by Crippen LogP contribution is 2.33. The second-order valence-electron chi connectivity index (χ2n) is 7.84. The third kappa shape index (κ3) is 4.48. The standard InChI is InChI=1S/C22H28N4O4/c1-29-10-8-24-21(27)15-2-5-17(6-3-15)25-22(28)16-4-7-20-18(12-16)19-13-23-14-26(19)9-11-30-20/h4,7,12-15,17H,2-3,5-6,8-11H2,1H3,(H,24,27)(H,25,28). The van der Waals surface area contributed by atoms with Crippen molar-refractivity contribution in [1.82, 2.24) is 20.2 Å². The zero-order chi connectivity index (χ0) is 20.9. The number of hydrogen-bond acceptors (Lipinski definition) is 5. The summed E-state index contributed by atoms with van der Waals surface area (Å²) in [6.07, 6.45) is 6.74. The van der Waals surface area contributed by atoms with Crippen LogP contribution in [-0.2, 0) is 16.1 Å². The van der Waals surface area contributed by atoms with Crippen LogP contribution in [-0.4, -0.2) is 54.3 Å². The van der Waals surface area contributed by atoms with Gasteiger partial charge in [-0.3, -0.25) is 9.59 Å². The van der Waals surface area contributed by atoms with Gasteiger partial charge in [0, 0.05) is 36.7 Å². The lowest BCUT2D eigenvalue weighted by molar-refractivity contribution is -0.126. The molecule has 1 aliphatic carbocycles. The molecule has 1 fully saturated rings. The molecule has 0 bridgehead atoms. The fourth-order valence-electron chi connectivity index (χ4n) is 4.16. The summed E-state index contributed by atoms with van der Waals surface area (Å²) in [5, 5.41) is 6.04. The number of carbonyl (C=O) groups excluding carboxylic acids is 2. The van der Waals surface area contributed by atoms with Crippen molar-refractivity contribution in [2.24, 2.45) is 5.92 Å². The molecule has 1 aliphatic heterocycles. The van der Waals surface area contributed by atoms with E-state index in [1.807, 2.05) is 16.7 Å². The second kappa shape index (κ2) is 9.30. The number of aromatic nitrogens is 2. The maximum absolute atomic E-state index is 12.9. The summed E-state index contributed by atoms with van der Waals surface area (Å²) in [6.45, 7) is 2.36. The fraction of sp³-hybridized carbons (Fsp3) is 0.500. The lowest BCUT2D eigenvalue weighted by Gasteiger charge is -2.28. The van der Waals surface area contributed by atoms with Gasteiger partial charge in [-0.1, -0.05) is 0 Å². The van der Waals surface area contributed by atoms with E-state index in [9.17, 15) is 9.59 Å². The van der Waals surface area contributed by atoms with E-state index in [0.29, 0.717) is 25.3 Å². The third-order valence-corrected chi connectivity index (χ3v) is 5.86. The Bertz CT molecular complexity index is 902. The van der Waals surface area contributed by atoms with Gasteiger partial charge in [0.1, 0.15) is 12.4 Å². The Balaban J connectivity index is 1.35. The first-order valence-corrected chi connectivity index (χ1v) is 10.5. The lowest BCUT2D eigenvalue weighted by atomic mass is 9.85. The van der Waals surface area contributed by atoms with E-state index in [1.165, 1.54) is 0 Å². The lowest BCUT2D eigenvalue weighted by Crippen LogP contribution is -2.41. The average Bonchev–Trinajstić information content (AvgIpc) is 3.16. The Hall–Kier alpha value is -2.87. The molecule has 2 heterocycles. The Labute approximate surface area is 176 Å². The monoisotopic (exact) mass is 412 g/mol. The molecule has 8 nitrogen and oxygen atoms in total. The Morgan fingerprint density at radius 1 is 1.27 bits per heavy atom. The minimum absolute atomic E-state index is 0.0138. The van der Waals surface area contributed by atoms with E-state index in [0.717, 1.165) is 49.2 Å². The van der Waals surface area contributed by atoms with Crippen molar-refractivity contribution in [2.45, 2.75) is 38.3 Å². The highest BCUT2D eigenvalue weighted by molar-refractivity contribution is 5.96. The highest BCUT2D eigenvalue weighted by atomic mass is 16.5. The van der Waals surface area contributed by atoms with Crippen LogP contribution in [0.2, 0.25) is 0 Å². The van der Waals surface area contributed by atoms with Crippen molar-refractivity contribution in [3.05, 3.63) is 36.3 Å². The molecule has 2 aromatic rings. The van der Waals surface area contributed by atoms with Gasteiger partial charge in [-0.25, -0.2) is 4.98 Å². The predicted molar refractivity (Wildman–Crippen MR) is 111 cm³/mol. The predicted octanol–water partition coefficient (Wildman–Crippen LogP) is 1.99. The van der Waals surface area contributed by atoms with Gasteiger partial charge in [-0.2, -0.15) is 0 Å². The second-order valence-corrected chi connectivity index (χ2v) is 7.84. The maximum Gasteiger partial charge on any atom is 0.251 e. The number of nitrogens with one attached hydrogen (secondary N) is 2. The van der Waals surface area contributed by atoms with E-state index in [4.69, 9.17) is 9.47 Å². The van der Waals surface area contributed by atoms with Crippen molar-refractivity contribution in [3.63, 3.8) is 0 Å². The van der Waals surface area contributed by atoms with Crippen molar-refractivity contribution in [3.8, 4) is 17.0 Å². The van der Waals surface area contributed by atoms with E-state index < -0.39 is 0 Å². The van der Waals surface area contributed by atoms with Gasteiger partial charge < -0.3 is 24.7 Å². The number of fused-ring (bicyclic) bond motifs is 3. The maximum atomic E-state index is 12.9. The van der Waals surface area contributed by atoms with Crippen LogP contribution >= 0.6 is 0 Å². The van der Waals surface area contributed by atoms with Crippen molar-refractivity contribution < 1.29 is 19.1 Å². The number of ether oxygens (including phenoxy) is 2. The number of methoxy groups -OCH3 is 1. The van der Waals surface area contributed by atoms with Gasteiger partial charge in [-0.05, 0) is 43.9 Å². The quantitative estimate of drug-likeness (QED) is 0.708. The van der Waals surface area contributed by atoms with E-state index in [1.54, 1.807) is 25.7 Å². The molecule has 2 aliphatic rings. The molecule has 2 N–H and O–H groups in total. The van der Waals surface area contributed by atoms with E-state index >= 15 is 0 Å². The summed E-state index contributed by atoms with van der Waals surface area (Å²) >= 11 is 0. The summed E-state index contributed by atoms with van der Waals surface area (Å²) in [4.78, 5) is 29.3. The fourth-order valence-corrected chi connectivity index (χ4v) is 4.16. The summed E-state index contributed by atoms with van der Waals surface area (Å²) in [7, 11) is 1.62. The molecule has 1 saturated carbocycles. The van der Waals surface area contributed by atoms with Crippen molar-refractivity contribution in [1.29, 1.82) is 0 Å². The zero-order valence-corrected chi connectivity index (χ0v) is 17.2. The molecule has 0 spiro atoms. The van der Waals surface area contributed by atoms with Crippen LogP contribution in [0.3, 0.4) is 0 Å². The van der Waals surface area contributed by atoms with E-state index in [-0.39, 0.29) is 23.8 Å². The van der Waals surface area contributed by atoms with Crippen LogP contribution in [0.25, 0.3) is 11.3 Å². The minimum atomic E-state index is -0.0962. The van der Waals surface area contributed by atoms with Crippen LogP contribution in [0.15, 0.2) is 30.7 Å². The SMILES string of the molecule is COCCNC(=O)C1CCC(NC(=O)c2ccc3c(c2)-c2cncn2CCO3)CC1. The normalized spacial score (nSPS) is 20.3. The molecule has 0 saturated heterocycles. The number of benzene rings is 1. The smallest absolute Gasteiger partial charge is 0.251 e. The molecular weight excluding hydrogens is 384 g/mol. The van der Waals surface area contributed by atoms with Gasteiger partial charge >= 0.3 is 0 Å². The first-order chi connectivity index (χ1) is 14.7. The molecule has 1 aromatic carbocycles. The molecule has 8 heteroatoms. The van der Waals surface area contributed by atoms with Crippen molar-refractivity contribution >= 4 is 11.8 Å². The van der Waals surface area contributed by atoms with Gasteiger partial charge in [0.25, 0.3) is 5.91 Å². The summed E-state index contributed by atoms with van der Waals surface area (Å²) in [5.41, 5.74) is 2.44. The molecule has 4 rings (SSSR count). The summed E-state index contributed by atoms with van der Waals surface area (Å²) < 4.78 is 12.8. The number of hydrogen-bond donors (Lipinski definition) is 2. The molecule has 1 aromatic heterocycles. The number of nitrogens with zero attached hydrogens (tertiary/aromatic N) is 2. The number of amides is 2. The molecule has 160 valence electrons. The van der Waals surface area contributed by atoms with E-state index in [2.05, 4.69) is 15.6 Å². The first kappa shape index (κ1) is 20.4. The molecular formula is C22H28N4O4. The van der Waals surface area contributed by atoms with Crippen LogP contribution in [0.4, 0.5) is 0 Å². The Kier molecular flexibility index (Phi) is 6.32. The number of imidazole rings is 1. The first-order valence-electron chi connectivity index (χ1n) is 10.5. The van der Waals surface area contributed by atoms with Gasteiger partial charge in [-0.15, -0.1) is 0 Å². The highest BCUT2D eigenvalue weighted by Gasteiger charge is 2.27. The Morgan fingerprint density at radius 3 is 2.90 bits per heavy atom. The summed E-state index contributed by atoms with van der Waals surface area (Å²) in [6, 6.07) is 5.61. The molecule has 30 heavy (non-hydrogen) atoms. The van der Waals surface area contributed by atoms with Gasteiger partial charge in [0.15, 0.2) is 0 Å². The number of carbonyl (C=O) groups is 2. The minimum Gasteiger partial charge on any atom is -0.491 e. The molecule has 0 radical (unpaired) electrons. The van der Waals surface area contributed by atoms with Crippen LogP contribution in [0, 0.1) is 5.92 Å². The average molecular weight is 412 g/mol. The third-order valence-electron chi connectivity index (χ3n) is 5.86.